The monoisotopic (exact) mass is 260 g/mol. The molecule has 0 bridgehead atoms. The summed E-state index contributed by atoms with van der Waals surface area (Å²) in [5.41, 5.74) is 2.95. The second-order valence-corrected chi connectivity index (χ2v) is 5.55. The van der Waals surface area contributed by atoms with Crippen molar-refractivity contribution in [1.29, 1.82) is 0 Å². The third kappa shape index (κ3) is 3.28. The second-order valence-electron chi connectivity index (χ2n) is 5.55. The highest BCUT2D eigenvalue weighted by Crippen LogP contribution is 2.23. The Labute approximate surface area is 116 Å². The average Bonchev–Trinajstić information content (AvgIpc) is 2.39. The van der Waals surface area contributed by atoms with Crippen molar-refractivity contribution in [1.82, 2.24) is 4.90 Å². The van der Waals surface area contributed by atoms with Crippen molar-refractivity contribution in [2.45, 2.75) is 33.6 Å². The van der Waals surface area contributed by atoms with Crippen LogP contribution < -0.4 is 5.32 Å². The summed E-state index contributed by atoms with van der Waals surface area (Å²) in [7, 11) is 0. The Bertz CT molecular complexity index is 448. The zero-order valence-corrected chi connectivity index (χ0v) is 12.2. The van der Waals surface area contributed by atoms with Crippen molar-refractivity contribution >= 4 is 11.6 Å². The predicted molar refractivity (Wildman–Crippen MR) is 79.6 cm³/mol. The molecule has 1 aliphatic heterocycles. The molecule has 104 valence electrons. The number of hydrogen-bond donors (Lipinski definition) is 1. The normalized spacial score (nSPS) is 16.5. The van der Waals surface area contributed by atoms with Gasteiger partial charge in [-0.05, 0) is 50.3 Å². The number of carbonyl (C=O) groups is 1. The molecule has 1 aliphatic rings. The molecule has 3 nitrogen and oxygen atoms in total. The van der Waals surface area contributed by atoms with Crippen LogP contribution in [0.1, 0.15) is 42.6 Å². The molecule has 0 spiro atoms. The van der Waals surface area contributed by atoms with Gasteiger partial charge in [-0.3, -0.25) is 4.79 Å². The predicted octanol–water partition coefficient (Wildman–Crippen LogP) is 3.30. The minimum Gasteiger partial charge on any atom is -0.385 e. The Morgan fingerprint density at radius 2 is 2.05 bits per heavy atom. The lowest BCUT2D eigenvalue weighted by Gasteiger charge is -2.31. The largest absolute Gasteiger partial charge is 0.385 e. The molecule has 2 rings (SSSR count). The summed E-state index contributed by atoms with van der Waals surface area (Å²) in [6, 6.07) is 6.03. The lowest BCUT2D eigenvalue weighted by Crippen LogP contribution is -2.38. The molecular weight excluding hydrogens is 236 g/mol. The summed E-state index contributed by atoms with van der Waals surface area (Å²) in [4.78, 5) is 14.6. The van der Waals surface area contributed by atoms with E-state index in [0.29, 0.717) is 0 Å². The minimum absolute atomic E-state index is 0.169. The summed E-state index contributed by atoms with van der Waals surface area (Å²) in [5.74, 6) is 0.915. The van der Waals surface area contributed by atoms with Crippen LogP contribution in [0.15, 0.2) is 18.2 Å². The molecule has 1 saturated heterocycles. The van der Waals surface area contributed by atoms with Crippen LogP contribution in [0.25, 0.3) is 0 Å². The van der Waals surface area contributed by atoms with Crippen LogP contribution in [-0.4, -0.2) is 30.4 Å². The lowest BCUT2D eigenvalue weighted by molar-refractivity contribution is 0.0698. The Morgan fingerprint density at radius 3 is 2.68 bits per heavy atom. The highest BCUT2D eigenvalue weighted by Gasteiger charge is 2.23. The SMILES string of the molecule is CCNc1cc(C)ccc1C(=O)N1CCC(C)CC1. The Morgan fingerprint density at radius 1 is 1.37 bits per heavy atom. The van der Waals surface area contributed by atoms with E-state index in [9.17, 15) is 4.79 Å². The fourth-order valence-electron chi connectivity index (χ4n) is 2.56. The molecule has 1 aromatic carbocycles. The van der Waals surface area contributed by atoms with Gasteiger partial charge in [-0.15, -0.1) is 0 Å². The van der Waals surface area contributed by atoms with Gasteiger partial charge >= 0.3 is 0 Å². The van der Waals surface area contributed by atoms with Crippen molar-refractivity contribution in [3.8, 4) is 0 Å². The molecular formula is C16H24N2O. The van der Waals surface area contributed by atoms with E-state index < -0.39 is 0 Å². The second kappa shape index (κ2) is 6.09. The van der Waals surface area contributed by atoms with Crippen LogP contribution in [0, 0.1) is 12.8 Å². The zero-order valence-electron chi connectivity index (χ0n) is 12.2. The van der Waals surface area contributed by atoms with Gasteiger partial charge < -0.3 is 10.2 Å². The summed E-state index contributed by atoms with van der Waals surface area (Å²) in [5, 5.41) is 3.30. The van der Waals surface area contributed by atoms with E-state index in [1.807, 2.05) is 17.0 Å². The van der Waals surface area contributed by atoms with E-state index in [0.717, 1.165) is 49.6 Å². The molecule has 0 radical (unpaired) electrons. The van der Waals surface area contributed by atoms with Crippen molar-refractivity contribution in [3.05, 3.63) is 29.3 Å². The molecule has 19 heavy (non-hydrogen) atoms. The van der Waals surface area contributed by atoms with Crippen LogP contribution in [0.5, 0.6) is 0 Å². The molecule has 0 aliphatic carbocycles. The number of aryl methyl sites for hydroxylation is 1. The van der Waals surface area contributed by atoms with Gasteiger partial charge in [0, 0.05) is 25.3 Å². The van der Waals surface area contributed by atoms with Gasteiger partial charge in [-0.2, -0.15) is 0 Å². The van der Waals surface area contributed by atoms with Crippen molar-refractivity contribution in [2.24, 2.45) is 5.92 Å². The molecule has 0 aromatic heterocycles. The number of anilines is 1. The summed E-state index contributed by atoms with van der Waals surface area (Å²) in [6.45, 7) is 8.98. The summed E-state index contributed by atoms with van der Waals surface area (Å²) < 4.78 is 0. The first-order chi connectivity index (χ1) is 9.11. The van der Waals surface area contributed by atoms with Gasteiger partial charge in [-0.1, -0.05) is 13.0 Å². The first kappa shape index (κ1) is 13.9. The maximum atomic E-state index is 12.6. The van der Waals surface area contributed by atoms with E-state index in [1.165, 1.54) is 5.56 Å². The highest BCUT2D eigenvalue weighted by atomic mass is 16.2. The third-order valence-corrected chi connectivity index (χ3v) is 3.84. The molecule has 1 N–H and O–H groups in total. The van der Waals surface area contributed by atoms with Crippen LogP contribution >= 0.6 is 0 Å². The van der Waals surface area contributed by atoms with E-state index in [4.69, 9.17) is 0 Å². The molecule has 1 aromatic rings. The Kier molecular flexibility index (Phi) is 4.46. The highest BCUT2D eigenvalue weighted by molar-refractivity contribution is 5.99. The first-order valence-electron chi connectivity index (χ1n) is 7.25. The molecule has 3 heteroatoms. The van der Waals surface area contributed by atoms with Gasteiger partial charge in [0.25, 0.3) is 5.91 Å². The molecule has 1 heterocycles. The molecule has 0 saturated carbocycles. The topological polar surface area (TPSA) is 32.3 Å². The quantitative estimate of drug-likeness (QED) is 0.904. The maximum Gasteiger partial charge on any atom is 0.255 e. The number of hydrogen-bond acceptors (Lipinski definition) is 2. The Hall–Kier alpha value is -1.51. The van der Waals surface area contributed by atoms with Crippen molar-refractivity contribution < 1.29 is 4.79 Å². The van der Waals surface area contributed by atoms with Crippen molar-refractivity contribution in [3.63, 3.8) is 0 Å². The van der Waals surface area contributed by atoms with Crippen LogP contribution in [0.3, 0.4) is 0 Å². The number of benzene rings is 1. The van der Waals surface area contributed by atoms with Crippen LogP contribution in [-0.2, 0) is 0 Å². The molecule has 1 amide bonds. The number of likely N-dealkylation sites (tertiary alicyclic amines) is 1. The van der Waals surface area contributed by atoms with Crippen LogP contribution in [0.4, 0.5) is 5.69 Å². The number of rotatable bonds is 3. The standard InChI is InChI=1S/C16H24N2O/c1-4-17-15-11-13(3)5-6-14(15)16(19)18-9-7-12(2)8-10-18/h5-6,11-12,17H,4,7-10H2,1-3H3. The number of nitrogens with zero attached hydrogens (tertiary/aromatic N) is 1. The van der Waals surface area contributed by atoms with Gasteiger partial charge in [0.1, 0.15) is 0 Å². The fourth-order valence-corrected chi connectivity index (χ4v) is 2.56. The minimum atomic E-state index is 0.169. The molecule has 0 atom stereocenters. The first-order valence-corrected chi connectivity index (χ1v) is 7.25. The van der Waals surface area contributed by atoms with E-state index in [1.54, 1.807) is 0 Å². The molecule has 0 unspecified atom stereocenters. The summed E-state index contributed by atoms with van der Waals surface area (Å²) >= 11 is 0. The zero-order chi connectivity index (χ0) is 13.8. The van der Waals surface area contributed by atoms with Gasteiger partial charge in [0.15, 0.2) is 0 Å². The number of nitrogens with one attached hydrogen (secondary N) is 1. The number of amides is 1. The maximum absolute atomic E-state index is 12.6. The van der Waals surface area contributed by atoms with E-state index in [2.05, 4.69) is 32.2 Å². The smallest absolute Gasteiger partial charge is 0.255 e. The summed E-state index contributed by atoms with van der Waals surface area (Å²) in [6.07, 6.45) is 2.24. The molecule has 1 fully saturated rings. The van der Waals surface area contributed by atoms with Gasteiger partial charge in [-0.25, -0.2) is 0 Å². The lowest BCUT2D eigenvalue weighted by atomic mass is 9.98. The third-order valence-electron chi connectivity index (χ3n) is 3.84. The number of piperidine rings is 1. The average molecular weight is 260 g/mol. The van der Waals surface area contributed by atoms with Crippen molar-refractivity contribution in [2.75, 3.05) is 25.0 Å². The number of carbonyl (C=O) groups excluding carboxylic acids is 1. The van der Waals surface area contributed by atoms with E-state index >= 15 is 0 Å². The van der Waals surface area contributed by atoms with Gasteiger partial charge in [0.2, 0.25) is 0 Å². The van der Waals surface area contributed by atoms with E-state index in [-0.39, 0.29) is 5.91 Å². The van der Waals surface area contributed by atoms with Gasteiger partial charge in [0.05, 0.1) is 5.56 Å². The fraction of sp³-hybridized carbons (Fsp3) is 0.562. The Balaban J connectivity index is 2.18. The van der Waals surface area contributed by atoms with Crippen LogP contribution in [0.2, 0.25) is 0 Å².